The van der Waals surface area contributed by atoms with Crippen LogP contribution in [0.15, 0.2) is 24.5 Å². The smallest absolute Gasteiger partial charge is 0.319 e. The van der Waals surface area contributed by atoms with Crippen molar-refractivity contribution in [2.75, 3.05) is 16.8 Å². The van der Waals surface area contributed by atoms with Gasteiger partial charge in [-0.1, -0.05) is 0 Å². The van der Waals surface area contributed by atoms with E-state index in [-0.39, 0.29) is 11.5 Å². The summed E-state index contributed by atoms with van der Waals surface area (Å²) < 4.78 is 22.8. The normalized spacial score (nSPS) is 25.6. The molecule has 6 nitrogen and oxygen atoms in total. The monoisotopic (exact) mass is 269 g/mol. The average Bonchev–Trinajstić information content (AvgIpc) is 2.53. The van der Waals surface area contributed by atoms with E-state index in [4.69, 9.17) is 0 Å². The zero-order valence-electron chi connectivity index (χ0n) is 10.0. The number of anilines is 1. The van der Waals surface area contributed by atoms with Crippen molar-refractivity contribution < 1.29 is 13.2 Å². The summed E-state index contributed by atoms with van der Waals surface area (Å²) in [5.41, 5.74) is -0.120. The molecule has 2 heterocycles. The van der Waals surface area contributed by atoms with E-state index in [1.165, 1.54) is 6.20 Å². The average molecular weight is 269 g/mol. The molecule has 1 aromatic rings. The SMILES string of the molecule is C[C@@]1(NC(=O)Nc2cccnc2)CCS(=O)(=O)C1. The van der Waals surface area contributed by atoms with E-state index in [2.05, 4.69) is 15.6 Å². The fourth-order valence-corrected chi connectivity index (χ4v) is 4.08. The summed E-state index contributed by atoms with van der Waals surface area (Å²) in [5.74, 6) is 0.108. The van der Waals surface area contributed by atoms with Gasteiger partial charge in [0.1, 0.15) is 0 Å². The summed E-state index contributed by atoms with van der Waals surface area (Å²) in [6.45, 7) is 1.74. The third kappa shape index (κ3) is 3.19. The molecule has 1 atom stereocenters. The molecule has 1 aliphatic rings. The fraction of sp³-hybridized carbons (Fsp3) is 0.455. The molecule has 7 heteroatoms. The van der Waals surface area contributed by atoms with Gasteiger partial charge in [-0.2, -0.15) is 0 Å². The van der Waals surface area contributed by atoms with Crippen LogP contribution in [0.2, 0.25) is 0 Å². The van der Waals surface area contributed by atoms with E-state index in [1.807, 2.05) is 0 Å². The summed E-state index contributed by atoms with van der Waals surface area (Å²) in [6, 6.07) is 3.00. The first-order valence-electron chi connectivity index (χ1n) is 5.58. The number of pyridine rings is 1. The predicted octanol–water partition coefficient (Wildman–Crippen LogP) is 0.780. The van der Waals surface area contributed by atoms with Crippen molar-refractivity contribution in [2.45, 2.75) is 18.9 Å². The molecule has 0 unspecified atom stereocenters. The molecular formula is C11H15N3O3S. The van der Waals surface area contributed by atoms with Crippen LogP contribution in [0.1, 0.15) is 13.3 Å². The number of carbonyl (C=O) groups is 1. The van der Waals surface area contributed by atoms with Crippen LogP contribution in [0.25, 0.3) is 0 Å². The number of nitrogens with zero attached hydrogens (tertiary/aromatic N) is 1. The number of carbonyl (C=O) groups excluding carboxylic acids is 1. The van der Waals surface area contributed by atoms with Gasteiger partial charge < -0.3 is 10.6 Å². The number of sulfone groups is 1. The Balaban J connectivity index is 1.96. The van der Waals surface area contributed by atoms with Gasteiger partial charge in [0.25, 0.3) is 0 Å². The Bertz CT molecular complexity index is 544. The minimum absolute atomic E-state index is 0.0134. The van der Waals surface area contributed by atoms with Crippen LogP contribution in [0.5, 0.6) is 0 Å². The second-order valence-electron chi connectivity index (χ2n) is 4.72. The summed E-state index contributed by atoms with van der Waals surface area (Å²) in [6.07, 6.45) is 3.57. The zero-order valence-corrected chi connectivity index (χ0v) is 10.8. The molecule has 0 bridgehead atoms. The molecule has 18 heavy (non-hydrogen) atoms. The molecule has 0 radical (unpaired) electrons. The Morgan fingerprint density at radius 2 is 2.28 bits per heavy atom. The highest BCUT2D eigenvalue weighted by molar-refractivity contribution is 7.91. The van der Waals surface area contributed by atoms with Gasteiger partial charge in [0.05, 0.1) is 28.9 Å². The minimum Gasteiger partial charge on any atom is -0.332 e. The van der Waals surface area contributed by atoms with Gasteiger partial charge >= 0.3 is 6.03 Å². The van der Waals surface area contributed by atoms with Crippen LogP contribution in [-0.2, 0) is 9.84 Å². The van der Waals surface area contributed by atoms with E-state index < -0.39 is 21.4 Å². The van der Waals surface area contributed by atoms with Crippen molar-refractivity contribution in [1.82, 2.24) is 10.3 Å². The Morgan fingerprint density at radius 3 is 2.83 bits per heavy atom. The molecule has 0 spiro atoms. The molecule has 2 rings (SSSR count). The van der Waals surface area contributed by atoms with Gasteiger partial charge in [0, 0.05) is 6.20 Å². The Morgan fingerprint density at radius 1 is 1.50 bits per heavy atom. The number of aromatic nitrogens is 1. The first-order chi connectivity index (χ1) is 8.39. The molecule has 0 aromatic carbocycles. The van der Waals surface area contributed by atoms with Crippen LogP contribution in [-0.4, -0.2) is 36.5 Å². The third-order valence-corrected chi connectivity index (χ3v) is 4.74. The Kier molecular flexibility index (Phi) is 3.25. The number of hydrogen-bond acceptors (Lipinski definition) is 4. The lowest BCUT2D eigenvalue weighted by Gasteiger charge is -2.23. The fourth-order valence-electron chi connectivity index (χ4n) is 1.98. The van der Waals surface area contributed by atoms with Crippen molar-refractivity contribution in [2.24, 2.45) is 0 Å². The topological polar surface area (TPSA) is 88.2 Å². The van der Waals surface area contributed by atoms with Crippen molar-refractivity contribution >= 4 is 21.6 Å². The third-order valence-electron chi connectivity index (χ3n) is 2.84. The number of urea groups is 1. The maximum atomic E-state index is 11.7. The largest absolute Gasteiger partial charge is 0.332 e. The van der Waals surface area contributed by atoms with Gasteiger partial charge in [-0.05, 0) is 25.5 Å². The molecule has 98 valence electrons. The molecule has 0 aliphatic carbocycles. The zero-order chi connectivity index (χ0) is 13.2. The van der Waals surface area contributed by atoms with Gasteiger partial charge in [0.2, 0.25) is 0 Å². The standard InChI is InChI=1S/C11H15N3O3S/c1-11(4-6-18(16,17)8-11)14-10(15)13-9-3-2-5-12-7-9/h2-3,5,7H,4,6,8H2,1H3,(H2,13,14,15)/t11-/m1/s1. The number of amides is 2. The first-order valence-corrected chi connectivity index (χ1v) is 7.40. The van der Waals surface area contributed by atoms with Crippen LogP contribution >= 0.6 is 0 Å². The van der Waals surface area contributed by atoms with Crippen LogP contribution < -0.4 is 10.6 Å². The number of hydrogen-bond donors (Lipinski definition) is 2. The summed E-state index contributed by atoms with van der Waals surface area (Å²) in [4.78, 5) is 15.6. The quantitative estimate of drug-likeness (QED) is 0.830. The van der Waals surface area contributed by atoms with Gasteiger partial charge in [0.15, 0.2) is 9.84 Å². The maximum absolute atomic E-state index is 11.7. The molecule has 1 saturated heterocycles. The lowest BCUT2D eigenvalue weighted by atomic mass is 10.0. The van der Waals surface area contributed by atoms with Crippen molar-refractivity contribution in [3.05, 3.63) is 24.5 Å². The highest BCUT2D eigenvalue weighted by Crippen LogP contribution is 2.22. The van der Waals surface area contributed by atoms with Gasteiger partial charge in [-0.25, -0.2) is 13.2 Å². The second-order valence-corrected chi connectivity index (χ2v) is 6.91. The predicted molar refractivity (Wildman–Crippen MR) is 68.1 cm³/mol. The van der Waals surface area contributed by atoms with Crippen LogP contribution in [0.3, 0.4) is 0 Å². The molecular weight excluding hydrogens is 254 g/mol. The Hall–Kier alpha value is -1.63. The molecule has 2 N–H and O–H groups in total. The van der Waals surface area contributed by atoms with Crippen molar-refractivity contribution in [3.63, 3.8) is 0 Å². The summed E-state index contributed by atoms with van der Waals surface area (Å²) in [5, 5.41) is 5.32. The highest BCUT2D eigenvalue weighted by Gasteiger charge is 2.39. The summed E-state index contributed by atoms with van der Waals surface area (Å²) in [7, 11) is -3.03. The van der Waals surface area contributed by atoms with Crippen LogP contribution in [0, 0.1) is 0 Å². The van der Waals surface area contributed by atoms with E-state index in [9.17, 15) is 13.2 Å². The number of nitrogens with one attached hydrogen (secondary N) is 2. The van der Waals surface area contributed by atoms with Gasteiger partial charge in [-0.15, -0.1) is 0 Å². The molecule has 1 fully saturated rings. The molecule has 0 saturated carbocycles. The summed E-state index contributed by atoms with van der Waals surface area (Å²) >= 11 is 0. The van der Waals surface area contributed by atoms with E-state index >= 15 is 0 Å². The van der Waals surface area contributed by atoms with E-state index in [0.717, 1.165) is 0 Å². The second kappa shape index (κ2) is 4.56. The first kappa shape index (κ1) is 12.8. The van der Waals surface area contributed by atoms with E-state index in [1.54, 1.807) is 25.3 Å². The van der Waals surface area contributed by atoms with E-state index in [0.29, 0.717) is 12.1 Å². The molecule has 1 aromatic heterocycles. The van der Waals surface area contributed by atoms with Gasteiger partial charge in [-0.3, -0.25) is 4.98 Å². The Labute approximate surface area is 106 Å². The minimum atomic E-state index is -3.03. The van der Waals surface area contributed by atoms with Crippen molar-refractivity contribution in [3.8, 4) is 0 Å². The molecule has 1 aliphatic heterocycles. The number of rotatable bonds is 2. The van der Waals surface area contributed by atoms with Crippen molar-refractivity contribution in [1.29, 1.82) is 0 Å². The highest BCUT2D eigenvalue weighted by atomic mass is 32.2. The lowest BCUT2D eigenvalue weighted by molar-refractivity contribution is 0.242. The maximum Gasteiger partial charge on any atom is 0.319 e. The van der Waals surface area contributed by atoms with Crippen LogP contribution in [0.4, 0.5) is 10.5 Å². The molecule has 2 amide bonds. The lowest BCUT2D eigenvalue weighted by Crippen LogP contribution is -2.48.